The zero-order valence-electron chi connectivity index (χ0n) is 18.4. The van der Waals surface area contributed by atoms with Crippen LogP contribution in [0.25, 0.3) is 10.9 Å². The standard InChI is InChI=1S/C26H24ClN3O2S/c1-32-19-9-6-16(7-10-19)25-24-21(22-14-17(27)8-11-23(22)29-24)12-13-30(25)26(31)28-18-4-3-5-20(15-18)33-2/h3-11,14-15,25,29H,12-13H2,1-2H3,(H,28,31)/t25-/m1/s1. The Morgan fingerprint density at radius 2 is 1.97 bits per heavy atom. The van der Waals surface area contributed by atoms with E-state index in [2.05, 4.69) is 10.3 Å². The second-order valence-corrected chi connectivity index (χ2v) is 9.30. The van der Waals surface area contributed by atoms with Gasteiger partial charge >= 0.3 is 6.03 Å². The summed E-state index contributed by atoms with van der Waals surface area (Å²) >= 11 is 7.94. The first-order chi connectivity index (χ1) is 16.1. The molecule has 3 aromatic carbocycles. The summed E-state index contributed by atoms with van der Waals surface area (Å²) in [5.41, 5.74) is 5.06. The number of carbonyl (C=O) groups is 1. The van der Waals surface area contributed by atoms with Gasteiger partial charge in [0.1, 0.15) is 5.75 Å². The third-order valence-electron chi connectivity index (χ3n) is 6.10. The number of halogens is 1. The monoisotopic (exact) mass is 477 g/mol. The molecule has 7 heteroatoms. The summed E-state index contributed by atoms with van der Waals surface area (Å²) in [6.07, 6.45) is 2.77. The molecule has 0 saturated carbocycles. The number of ether oxygens (including phenoxy) is 1. The van der Waals surface area contributed by atoms with Gasteiger partial charge in [-0.15, -0.1) is 11.8 Å². The van der Waals surface area contributed by atoms with Crippen LogP contribution < -0.4 is 10.1 Å². The van der Waals surface area contributed by atoms with E-state index in [4.69, 9.17) is 16.3 Å². The number of aromatic nitrogens is 1. The average Bonchev–Trinajstić information content (AvgIpc) is 3.21. The average molecular weight is 478 g/mol. The van der Waals surface area contributed by atoms with E-state index in [1.807, 2.05) is 77.9 Å². The van der Waals surface area contributed by atoms with Crippen molar-refractivity contribution in [3.05, 3.63) is 88.6 Å². The van der Waals surface area contributed by atoms with Crippen LogP contribution in [-0.2, 0) is 6.42 Å². The number of methoxy groups -OCH3 is 1. The molecule has 1 aliphatic rings. The van der Waals surface area contributed by atoms with Crippen LogP contribution in [0.2, 0.25) is 5.02 Å². The van der Waals surface area contributed by atoms with Crippen LogP contribution in [0.1, 0.15) is 22.9 Å². The van der Waals surface area contributed by atoms with Crippen LogP contribution >= 0.6 is 23.4 Å². The Kier molecular flexibility index (Phi) is 5.96. The molecule has 0 aliphatic carbocycles. The zero-order chi connectivity index (χ0) is 22.9. The van der Waals surface area contributed by atoms with Gasteiger partial charge < -0.3 is 19.9 Å². The fourth-order valence-electron chi connectivity index (χ4n) is 4.51. The van der Waals surface area contributed by atoms with Crippen molar-refractivity contribution in [2.45, 2.75) is 17.4 Å². The molecule has 0 unspecified atom stereocenters. The lowest BCUT2D eigenvalue weighted by molar-refractivity contribution is 0.193. The summed E-state index contributed by atoms with van der Waals surface area (Å²) in [5, 5.41) is 4.92. The molecule has 2 N–H and O–H groups in total. The van der Waals surface area contributed by atoms with Crippen molar-refractivity contribution in [3.8, 4) is 5.75 Å². The highest BCUT2D eigenvalue weighted by Gasteiger charge is 2.34. The quantitative estimate of drug-likeness (QED) is 0.320. The minimum Gasteiger partial charge on any atom is -0.497 e. The SMILES string of the molecule is COc1ccc([C@@H]2c3[nH]c4ccc(Cl)cc4c3CCN2C(=O)Nc2cccc(SC)c2)cc1. The lowest BCUT2D eigenvalue weighted by Gasteiger charge is -2.36. The van der Waals surface area contributed by atoms with Crippen molar-refractivity contribution in [1.29, 1.82) is 0 Å². The lowest BCUT2D eigenvalue weighted by atomic mass is 9.92. The molecule has 33 heavy (non-hydrogen) atoms. The summed E-state index contributed by atoms with van der Waals surface area (Å²) in [6, 6.07) is 21.3. The molecule has 1 aliphatic heterocycles. The van der Waals surface area contributed by atoms with E-state index in [-0.39, 0.29) is 12.1 Å². The number of carbonyl (C=O) groups excluding carboxylic acids is 1. The Hall–Kier alpha value is -3.09. The van der Waals surface area contributed by atoms with Gasteiger partial charge in [0.2, 0.25) is 0 Å². The van der Waals surface area contributed by atoms with Crippen LogP contribution in [0.3, 0.4) is 0 Å². The van der Waals surface area contributed by atoms with Crippen molar-refractivity contribution in [2.75, 3.05) is 25.2 Å². The van der Waals surface area contributed by atoms with Gasteiger partial charge in [-0.1, -0.05) is 29.8 Å². The van der Waals surface area contributed by atoms with Crippen LogP contribution in [-0.4, -0.2) is 35.8 Å². The molecule has 4 aromatic rings. The highest BCUT2D eigenvalue weighted by Crippen LogP contribution is 2.39. The Balaban J connectivity index is 1.56. The second kappa shape index (κ2) is 9.04. The summed E-state index contributed by atoms with van der Waals surface area (Å²) in [4.78, 5) is 20.1. The molecule has 0 radical (unpaired) electrons. The molecule has 168 valence electrons. The van der Waals surface area contributed by atoms with E-state index in [9.17, 15) is 4.79 Å². The van der Waals surface area contributed by atoms with E-state index in [1.54, 1.807) is 18.9 Å². The summed E-state index contributed by atoms with van der Waals surface area (Å²) in [5.74, 6) is 0.781. The number of fused-ring (bicyclic) bond motifs is 3. The first-order valence-corrected chi connectivity index (χ1v) is 12.3. The van der Waals surface area contributed by atoms with Gasteiger partial charge in [0, 0.05) is 38.7 Å². The minimum atomic E-state index is -0.255. The number of H-pyrrole nitrogens is 1. The minimum absolute atomic E-state index is 0.128. The number of nitrogens with one attached hydrogen (secondary N) is 2. The Morgan fingerprint density at radius 1 is 1.15 bits per heavy atom. The number of thioether (sulfide) groups is 1. The molecule has 5 nitrogen and oxygen atoms in total. The Morgan fingerprint density at radius 3 is 2.73 bits per heavy atom. The predicted molar refractivity (Wildman–Crippen MR) is 136 cm³/mol. The zero-order valence-corrected chi connectivity index (χ0v) is 20.0. The normalized spacial score (nSPS) is 15.4. The molecular formula is C26H24ClN3O2S. The van der Waals surface area contributed by atoms with Gasteiger partial charge in [-0.2, -0.15) is 0 Å². The van der Waals surface area contributed by atoms with E-state index >= 15 is 0 Å². The number of anilines is 1. The van der Waals surface area contributed by atoms with Gasteiger partial charge in [-0.3, -0.25) is 0 Å². The van der Waals surface area contributed by atoms with Crippen molar-refractivity contribution in [2.24, 2.45) is 0 Å². The molecule has 0 spiro atoms. The fraction of sp³-hybridized carbons (Fsp3) is 0.192. The van der Waals surface area contributed by atoms with Gasteiger partial charge in [-0.25, -0.2) is 4.79 Å². The van der Waals surface area contributed by atoms with Crippen molar-refractivity contribution >= 4 is 46.0 Å². The number of amides is 2. The molecule has 0 bridgehead atoms. The van der Waals surface area contributed by atoms with Crippen molar-refractivity contribution in [3.63, 3.8) is 0 Å². The van der Waals surface area contributed by atoms with Crippen molar-refractivity contribution in [1.82, 2.24) is 9.88 Å². The molecule has 1 atom stereocenters. The number of aromatic amines is 1. The molecule has 1 aromatic heterocycles. The maximum atomic E-state index is 13.5. The van der Waals surface area contributed by atoms with Crippen LogP contribution in [0.4, 0.5) is 10.5 Å². The summed E-state index contributed by atoms with van der Waals surface area (Å²) in [6.45, 7) is 0.594. The van der Waals surface area contributed by atoms with Crippen LogP contribution in [0.15, 0.2) is 71.6 Å². The van der Waals surface area contributed by atoms with E-state index in [0.29, 0.717) is 11.6 Å². The summed E-state index contributed by atoms with van der Waals surface area (Å²) < 4.78 is 5.34. The second-order valence-electron chi connectivity index (χ2n) is 7.99. The number of hydrogen-bond acceptors (Lipinski definition) is 3. The highest BCUT2D eigenvalue weighted by molar-refractivity contribution is 7.98. The number of rotatable bonds is 4. The van der Waals surface area contributed by atoms with Crippen LogP contribution in [0.5, 0.6) is 5.75 Å². The molecule has 5 rings (SSSR count). The molecule has 2 amide bonds. The fourth-order valence-corrected chi connectivity index (χ4v) is 5.14. The van der Waals surface area contributed by atoms with E-state index in [0.717, 1.165) is 44.9 Å². The molecule has 0 saturated heterocycles. The largest absolute Gasteiger partial charge is 0.497 e. The van der Waals surface area contributed by atoms with E-state index in [1.165, 1.54) is 5.56 Å². The third kappa shape index (κ3) is 4.16. The Labute approximate surface area is 202 Å². The third-order valence-corrected chi connectivity index (χ3v) is 7.06. The molecule has 2 heterocycles. The first kappa shape index (κ1) is 21.7. The number of nitrogens with zero attached hydrogens (tertiary/aromatic N) is 1. The lowest BCUT2D eigenvalue weighted by Crippen LogP contribution is -2.43. The topological polar surface area (TPSA) is 57.4 Å². The van der Waals surface area contributed by atoms with E-state index < -0.39 is 0 Å². The number of urea groups is 1. The molecular weight excluding hydrogens is 454 g/mol. The van der Waals surface area contributed by atoms with Gasteiger partial charge in [0.15, 0.2) is 0 Å². The molecule has 0 fully saturated rings. The smallest absolute Gasteiger partial charge is 0.322 e. The number of hydrogen-bond donors (Lipinski definition) is 2. The maximum absolute atomic E-state index is 13.5. The van der Waals surface area contributed by atoms with Crippen LogP contribution in [0, 0.1) is 0 Å². The maximum Gasteiger partial charge on any atom is 0.322 e. The first-order valence-electron chi connectivity index (χ1n) is 10.7. The predicted octanol–water partition coefficient (Wildman–Crippen LogP) is 6.73. The van der Waals surface area contributed by atoms with Gasteiger partial charge in [0.05, 0.1) is 13.2 Å². The Bertz CT molecular complexity index is 1320. The van der Waals surface area contributed by atoms with Gasteiger partial charge in [-0.05, 0) is 72.3 Å². The van der Waals surface area contributed by atoms with Gasteiger partial charge in [0.25, 0.3) is 0 Å². The summed E-state index contributed by atoms with van der Waals surface area (Å²) in [7, 11) is 1.65. The number of benzene rings is 3. The van der Waals surface area contributed by atoms with Crippen molar-refractivity contribution < 1.29 is 9.53 Å². The highest BCUT2D eigenvalue weighted by atomic mass is 35.5.